The SMILES string of the molecule is CC(C)Cc1csc2nc(CC(=O)c3ccco3)[nH]c(=O)c12. The summed E-state index contributed by atoms with van der Waals surface area (Å²) < 4.78 is 5.07. The van der Waals surface area contributed by atoms with Crippen LogP contribution in [0.1, 0.15) is 35.8 Å². The maximum absolute atomic E-state index is 12.3. The fourth-order valence-corrected chi connectivity index (χ4v) is 3.37. The van der Waals surface area contributed by atoms with Crippen molar-refractivity contribution < 1.29 is 9.21 Å². The molecule has 0 unspecified atom stereocenters. The Morgan fingerprint density at radius 2 is 2.27 bits per heavy atom. The monoisotopic (exact) mass is 316 g/mol. The highest BCUT2D eigenvalue weighted by Crippen LogP contribution is 2.23. The third-order valence-corrected chi connectivity index (χ3v) is 4.24. The van der Waals surface area contributed by atoms with E-state index < -0.39 is 0 Å². The van der Waals surface area contributed by atoms with E-state index in [-0.39, 0.29) is 23.5 Å². The van der Waals surface area contributed by atoms with Crippen LogP contribution in [0.5, 0.6) is 0 Å². The lowest BCUT2D eigenvalue weighted by atomic mass is 10.0. The summed E-state index contributed by atoms with van der Waals surface area (Å²) in [5.41, 5.74) is 0.844. The lowest BCUT2D eigenvalue weighted by Gasteiger charge is -2.03. The first-order chi connectivity index (χ1) is 10.5. The third kappa shape index (κ3) is 2.87. The predicted molar refractivity (Wildman–Crippen MR) is 85.5 cm³/mol. The van der Waals surface area contributed by atoms with Crippen LogP contribution >= 0.6 is 11.3 Å². The second-order valence-corrected chi connectivity index (χ2v) is 6.49. The van der Waals surface area contributed by atoms with E-state index in [1.807, 2.05) is 5.38 Å². The van der Waals surface area contributed by atoms with E-state index in [9.17, 15) is 9.59 Å². The van der Waals surface area contributed by atoms with Gasteiger partial charge in [0.1, 0.15) is 10.7 Å². The highest BCUT2D eigenvalue weighted by Gasteiger charge is 2.15. The van der Waals surface area contributed by atoms with Crippen LogP contribution in [0, 0.1) is 5.92 Å². The smallest absolute Gasteiger partial charge is 0.259 e. The van der Waals surface area contributed by atoms with Crippen LogP contribution in [0.2, 0.25) is 0 Å². The summed E-state index contributed by atoms with van der Waals surface area (Å²) in [4.78, 5) is 32.1. The van der Waals surface area contributed by atoms with Crippen LogP contribution in [-0.4, -0.2) is 15.8 Å². The summed E-state index contributed by atoms with van der Waals surface area (Å²) in [5, 5.41) is 2.62. The van der Waals surface area contributed by atoms with Gasteiger partial charge in [-0.3, -0.25) is 9.59 Å². The molecular formula is C16H16N2O3S. The molecule has 3 heterocycles. The average Bonchev–Trinajstić information content (AvgIpc) is 3.08. The van der Waals surface area contributed by atoms with Gasteiger partial charge in [-0.1, -0.05) is 13.8 Å². The minimum atomic E-state index is -0.202. The molecule has 22 heavy (non-hydrogen) atoms. The molecule has 1 N–H and O–H groups in total. The van der Waals surface area contributed by atoms with Gasteiger partial charge < -0.3 is 9.40 Å². The van der Waals surface area contributed by atoms with Crippen molar-refractivity contribution >= 4 is 27.3 Å². The number of aromatic amines is 1. The van der Waals surface area contributed by atoms with E-state index in [1.165, 1.54) is 17.6 Å². The number of fused-ring (bicyclic) bond motifs is 1. The largest absolute Gasteiger partial charge is 0.461 e. The molecule has 0 saturated heterocycles. The number of hydrogen-bond acceptors (Lipinski definition) is 5. The van der Waals surface area contributed by atoms with Gasteiger partial charge in [0.15, 0.2) is 5.76 Å². The molecule has 0 fully saturated rings. The third-order valence-electron chi connectivity index (χ3n) is 3.32. The number of carbonyl (C=O) groups is 1. The molecule has 0 aliphatic carbocycles. The van der Waals surface area contributed by atoms with Gasteiger partial charge in [-0.15, -0.1) is 11.3 Å². The van der Waals surface area contributed by atoms with Gasteiger partial charge >= 0.3 is 0 Å². The van der Waals surface area contributed by atoms with Gasteiger partial charge in [0.05, 0.1) is 18.1 Å². The molecule has 0 aromatic carbocycles. The van der Waals surface area contributed by atoms with Crippen LogP contribution in [0.4, 0.5) is 0 Å². The van der Waals surface area contributed by atoms with Crippen molar-refractivity contribution in [2.24, 2.45) is 5.92 Å². The van der Waals surface area contributed by atoms with Crippen LogP contribution in [0.3, 0.4) is 0 Å². The van der Waals surface area contributed by atoms with Crippen molar-refractivity contribution in [1.82, 2.24) is 9.97 Å². The minimum Gasteiger partial charge on any atom is -0.461 e. The molecule has 0 saturated carbocycles. The van der Waals surface area contributed by atoms with Gasteiger partial charge in [-0.2, -0.15) is 0 Å². The van der Waals surface area contributed by atoms with Crippen LogP contribution in [-0.2, 0) is 12.8 Å². The fourth-order valence-electron chi connectivity index (χ4n) is 2.40. The first-order valence-electron chi connectivity index (χ1n) is 7.10. The Balaban J connectivity index is 1.93. The number of rotatable bonds is 5. The van der Waals surface area contributed by atoms with Gasteiger partial charge in [0.25, 0.3) is 5.56 Å². The van der Waals surface area contributed by atoms with Crippen molar-refractivity contribution in [1.29, 1.82) is 0 Å². The Kier molecular flexibility index (Phi) is 3.94. The Morgan fingerprint density at radius 3 is 2.95 bits per heavy atom. The molecule has 0 aliphatic rings. The zero-order valence-corrected chi connectivity index (χ0v) is 13.2. The zero-order chi connectivity index (χ0) is 15.7. The summed E-state index contributed by atoms with van der Waals surface area (Å²) in [5.74, 6) is 0.912. The molecule has 3 aromatic rings. The van der Waals surface area contributed by atoms with Gasteiger partial charge in [-0.25, -0.2) is 4.98 Å². The normalized spacial score (nSPS) is 11.4. The number of ketones is 1. The number of aromatic nitrogens is 2. The lowest BCUT2D eigenvalue weighted by Crippen LogP contribution is -2.15. The quantitative estimate of drug-likeness (QED) is 0.733. The standard InChI is InChI=1S/C16H16N2O3S/c1-9(2)6-10-8-22-16-14(10)15(20)17-13(18-16)7-11(19)12-4-3-5-21-12/h3-5,8-9H,6-7H2,1-2H3,(H,17,18,20). The molecule has 0 aliphatic heterocycles. The molecule has 5 nitrogen and oxygen atoms in total. The molecular weight excluding hydrogens is 300 g/mol. The summed E-state index contributed by atoms with van der Waals surface area (Å²) >= 11 is 1.44. The molecule has 6 heteroatoms. The Labute approximate surface area is 131 Å². The van der Waals surface area contributed by atoms with E-state index in [0.717, 1.165) is 12.0 Å². The van der Waals surface area contributed by atoms with Crippen LogP contribution in [0.15, 0.2) is 33.0 Å². The number of nitrogens with zero attached hydrogens (tertiary/aromatic N) is 1. The highest BCUT2D eigenvalue weighted by molar-refractivity contribution is 7.16. The molecule has 0 bridgehead atoms. The van der Waals surface area contributed by atoms with Gasteiger partial charge in [0.2, 0.25) is 5.78 Å². The first-order valence-corrected chi connectivity index (χ1v) is 7.98. The van der Waals surface area contributed by atoms with Crippen LogP contribution < -0.4 is 5.56 Å². The van der Waals surface area contributed by atoms with E-state index >= 15 is 0 Å². The number of carbonyl (C=O) groups excluding carboxylic acids is 1. The van der Waals surface area contributed by atoms with E-state index in [1.54, 1.807) is 12.1 Å². The van der Waals surface area contributed by atoms with E-state index in [2.05, 4.69) is 23.8 Å². The number of nitrogens with one attached hydrogen (secondary N) is 1. The molecule has 0 atom stereocenters. The lowest BCUT2D eigenvalue weighted by molar-refractivity contribution is 0.0964. The Hall–Kier alpha value is -2.21. The van der Waals surface area contributed by atoms with Gasteiger partial charge in [0, 0.05) is 0 Å². The first kappa shape index (κ1) is 14.7. The maximum atomic E-state index is 12.3. The summed E-state index contributed by atoms with van der Waals surface area (Å²) in [7, 11) is 0. The second-order valence-electron chi connectivity index (χ2n) is 5.63. The molecule has 3 rings (SSSR count). The zero-order valence-electron chi connectivity index (χ0n) is 12.4. The van der Waals surface area contributed by atoms with Crippen LogP contribution in [0.25, 0.3) is 10.2 Å². The molecule has 0 amide bonds. The highest BCUT2D eigenvalue weighted by atomic mass is 32.1. The minimum absolute atomic E-state index is 0.0239. The number of hydrogen-bond donors (Lipinski definition) is 1. The van der Waals surface area contributed by atoms with Crippen molar-refractivity contribution in [3.63, 3.8) is 0 Å². The number of H-pyrrole nitrogens is 1. The van der Waals surface area contributed by atoms with Gasteiger partial charge in [-0.05, 0) is 35.4 Å². The Bertz CT molecular complexity index is 859. The predicted octanol–water partition coefficient (Wildman–Crippen LogP) is 3.20. The number of thiophene rings is 1. The summed E-state index contributed by atoms with van der Waals surface area (Å²) in [6.07, 6.45) is 2.32. The molecule has 0 spiro atoms. The van der Waals surface area contributed by atoms with E-state index in [0.29, 0.717) is 22.0 Å². The fraction of sp³-hybridized carbons (Fsp3) is 0.312. The maximum Gasteiger partial charge on any atom is 0.259 e. The van der Waals surface area contributed by atoms with Crippen molar-refractivity contribution in [2.75, 3.05) is 0 Å². The van der Waals surface area contributed by atoms with Crippen molar-refractivity contribution in [2.45, 2.75) is 26.7 Å². The molecule has 114 valence electrons. The summed E-state index contributed by atoms with van der Waals surface area (Å²) in [6, 6.07) is 3.26. The topological polar surface area (TPSA) is 76.0 Å². The van der Waals surface area contributed by atoms with Crippen molar-refractivity contribution in [3.05, 3.63) is 51.3 Å². The number of Topliss-reactive ketones (excluding diaryl/α,β-unsaturated/α-hetero) is 1. The Morgan fingerprint density at radius 1 is 1.45 bits per heavy atom. The number of furan rings is 1. The van der Waals surface area contributed by atoms with Crippen molar-refractivity contribution in [3.8, 4) is 0 Å². The average molecular weight is 316 g/mol. The van der Waals surface area contributed by atoms with E-state index in [4.69, 9.17) is 4.42 Å². The summed E-state index contributed by atoms with van der Waals surface area (Å²) in [6.45, 7) is 4.23. The molecule has 3 aromatic heterocycles. The second kappa shape index (κ2) is 5.88. The molecule has 0 radical (unpaired) electrons.